The lowest BCUT2D eigenvalue weighted by Gasteiger charge is -2.42. The fourth-order valence-electron chi connectivity index (χ4n) is 8.59. The van der Waals surface area contributed by atoms with E-state index in [1.165, 1.54) is 71.1 Å². The Kier molecular flexibility index (Phi) is 11.7. The van der Waals surface area contributed by atoms with Crippen LogP contribution >= 0.6 is 11.6 Å². The largest absolute Gasteiger partial charge is 0.0996 e. The zero-order valence-corrected chi connectivity index (χ0v) is 29.3. The average molecular weight is 619 g/mol. The van der Waals surface area contributed by atoms with E-state index in [2.05, 4.69) is 126 Å². The first kappa shape index (κ1) is 33.5. The number of allylic oxidation sites excluding steroid dienone is 5. The highest BCUT2D eigenvalue weighted by Gasteiger charge is 2.38. The van der Waals surface area contributed by atoms with E-state index in [-0.39, 0.29) is 0 Å². The van der Waals surface area contributed by atoms with Crippen LogP contribution in [-0.4, -0.2) is 0 Å². The van der Waals surface area contributed by atoms with E-state index in [1.54, 1.807) is 5.57 Å². The van der Waals surface area contributed by atoms with E-state index in [4.69, 9.17) is 11.6 Å². The van der Waals surface area contributed by atoms with Gasteiger partial charge in [0.15, 0.2) is 0 Å². The molecule has 0 bridgehead atoms. The molecule has 6 atom stereocenters. The molecule has 2 aliphatic carbocycles. The van der Waals surface area contributed by atoms with Gasteiger partial charge in [-0.2, -0.15) is 0 Å². The summed E-state index contributed by atoms with van der Waals surface area (Å²) in [4.78, 5) is 0. The molecule has 3 aromatic carbocycles. The van der Waals surface area contributed by atoms with Gasteiger partial charge in [-0.1, -0.05) is 141 Å². The zero-order valence-electron chi connectivity index (χ0n) is 28.5. The minimum absolute atomic E-state index is 0.367. The second-order valence-corrected chi connectivity index (χ2v) is 14.6. The Balaban J connectivity index is 1.65. The first-order valence-corrected chi connectivity index (χ1v) is 18.1. The summed E-state index contributed by atoms with van der Waals surface area (Å²) in [7, 11) is 0. The van der Waals surface area contributed by atoms with Crippen molar-refractivity contribution in [2.45, 2.75) is 104 Å². The Hall–Kier alpha value is -2.83. The van der Waals surface area contributed by atoms with Crippen molar-refractivity contribution in [2.75, 3.05) is 0 Å². The minimum Gasteiger partial charge on any atom is -0.0996 e. The highest BCUT2D eigenvalue weighted by molar-refractivity contribution is 6.30. The summed E-state index contributed by atoms with van der Waals surface area (Å²) < 4.78 is 0. The molecule has 5 rings (SSSR count). The van der Waals surface area contributed by atoms with E-state index in [9.17, 15) is 0 Å². The zero-order chi connectivity index (χ0) is 31.9. The van der Waals surface area contributed by atoms with E-state index < -0.39 is 0 Å². The molecule has 0 amide bonds. The van der Waals surface area contributed by atoms with Gasteiger partial charge < -0.3 is 0 Å². The van der Waals surface area contributed by atoms with Crippen LogP contribution in [0.25, 0.3) is 5.57 Å². The maximum absolute atomic E-state index is 6.44. The van der Waals surface area contributed by atoms with Gasteiger partial charge in [0.05, 0.1) is 0 Å². The molecule has 0 radical (unpaired) electrons. The van der Waals surface area contributed by atoms with Gasteiger partial charge >= 0.3 is 0 Å². The number of halogens is 1. The van der Waals surface area contributed by atoms with Crippen molar-refractivity contribution in [3.05, 3.63) is 136 Å². The van der Waals surface area contributed by atoms with Crippen LogP contribution < -0.4 is 0 Å². The lowest BCUT2D eigenvalue weighted by atomic mass is 9.62. The maximum Gasteiger partial charge on any atom is 0.0406 e. The quantitative estimate of drug-likeness (QED) is 0.231. The van der Waals surface area contributed by atoms with Gasteiger partial charge in [0, 0.05) is 5.02 Å². The van der Waals surface area contributed by atoms with E-state index in [0.717, 1.165) is 30.7 Å². The van der Waals surface area contributed by atoms with E-state index in [1.807, 2.05) is 0 Å². The van der Waals surface area contributed by atoms with Crippen LogP contribution in [0.2, 0.25) is 5.02 Å². The molecule has 1 heteroatoms. The Morgan fingerprint density at radius 2 is 1.71 bits per heavy atom. The van der Waals surface area contributed by atoms with Crippen molar-refractivity contribution in [1.82, 2.24) is 0 Å². The fourth-order valence-corrected chi connectivity index (χ4v) is 8.71. The van der Waals surface area contributed by atoms with Crippen LogP contribution in [0.5, 0.6) is 0 Å². The molecule has 1 saturated carbocycles. The summed E-state index contributed by atoms with van der Waals surface area (Å²) in [5.41, 5.74) is 11.7. The number of hydrogen-bond acceptors (Lipinski definition) is 0. The molecule has 0 aromatic heterocycles. The molecule has 0 N–H and O–H groups in total. The fraction of sp³-hybridized carbons (Fsp3) is 0.455. The van der Waals surface area contributed by atoms with Gasteiger partial charge in [0.1, 0.15) is 0 Å². The number of hydrogen-bond donors (Lipinski definition) is 0. The third-order valence-corrected chi connectivity index (χ3v) is 11.4. The predicted octanol–water partition coefficient (Wildman–Crippen LogP) is 13.3. The first-order valence-electron chi connectivity index (χ1n) is 17.7. The highest BCUT2D eigenvalue weighted by atomic mass is 35.5. The van der Waals surface area contributed by atoms with Crippen LogP contribution in [0.15, 0.2) is 103 Å². The monoisotopic (exact) mass is 618 g/mol. The molecule has 0 saturated heterocycles. The molecule has 0 nitrogen and oxygen atoms in total. The molecule has 6 unspecified atom stereocenters. The standard InChI is InChI=1S/C44H55Cl/c1-7-12-34-15-11-17-37(28-34)38-23-26-42(36-21-24-40(45)25-22-36)44(39-18-9-13-30(3)27-39)33(6)43(29-38)41(8-2)35-16-10-14-31(4)32(5)19-20-35/h8-9,11,13,15,17-18,21-25,27-28,31,33,35,42-44H,5,7,10,12,14,16,19-20,26,29H2,1-4,6H3. The smallest absolute Gasteiger partial charge is 0.0406 e. The summed E-state index contributed by atoms with van der Waals surface area (Å²) in [6.07, 6.45) is 15.8. The van der Waals surface area contributed by atoms with Crippen molar-refractivity contribution in [3.63, 3.8) is 0 Å². The summed E-state index contributed by atoms with van der Waals surface area (Å²) in [6.45, 7) is 16.3. The number of rotatable bonds is 7. The lowest BCUT2D eigenvalue weighted by molar-refractivity contribution is 0.275. The third-order valence-electron chi connectivity index (χ3n) is 11.2. The van der Waals surface area contributed by atoms with Gasteiger partial charge in [-0.15, -0.1) is 0 Å². The van der Waals surface area contributed by atoms with Crippen LogP contribution in [0.1, 0.15) is 119 Å². The van der Waals surface area contributed by atoms with Crippen molar-refractivity contribution in [1.29, 1.82) is 0 Å². The summed E-state index contributed by atoms with van der Waals surface area (Å²) in [5, 5.41) is 0.808. The third kappa shape index (κ3) is 8.13. The van der Waals surface area contributed by atoms with Gasteiger partial charge in [-0.05, 0) is 134 Å². The van der Waals surface area contributed by atoms with Gasteiger partial charge in [0.2, 0.25) is 0 Å². The molecule has 2 aliphatic rings. The van der Waals surface area contributed by atoms with Crippen molar-refractivity contribution in [2.24, 2.45) is 23.7 Å². The second-order valence-electron chi connectivity index (χ2n) is 14.2. The summed E-state index contributed by atoms with van der Waals surface area (Å²) >= 11 is 6.44. The van der Waals surface area contributed by atoms with Crippen molar-refractivity contribution < 1.29 is 0 Å². The molecule has 3 aromatic rings. The van der Waals surface area contributed by atoms with Crippen LogP contribution in [0, 0.1) is 30.6 Å². The van der Waals surface area contributed by atoms with Crippen molar-refractivity contribution >= 4 is 17.2 Å². The highest BCUT2D eigenvalue weighted by Crippen LogP contribution is 2.52. The van der Waals surface area contributed by atoms with Crippen LogP contribution in [-0.2, 0) is 6.42 Å². The molecular formula is C44H55Cl. The first-order chi connectivity index (χ1) is 21.8. The Morgan fingerprint density at radius 1 is 0.933 bits per heavy atom. The Bertz CT molecular complexity index is 1490. The molecule has 1 fully saturated rings. The molecule has 238 valence electrons. The normalized spacial score (nSPS) is 26.8. The molecule has 0 spiro atoms. The number of aryl methyl sites for hydroxylation is 2. The Morgan fingerprint density at radius 3 is 2.44 bits per heavy atom. The topological polar surface area (TPSA) is 0 Å². The van der Waals surface area contributed by atoms with Gasteiger partial charge in [-0.25, -0.2) is 0 Å². The average Bonchev–Trinajstić information content (AvgIpc) is 3.02. The molecule has 0 heterocycles. The second kappa shape index (κ2) is 15.6. The van der Waals surface area contributed by atoms with E-state index >= 15 is 0 Å². The number of benzene rings is 3. The maximum atomic E-state index is 6.44. The van der Waals surface area contributed by atoms with Crippen LogP contribution in [0.3, 0.4) is 0 Å². The molecule has 0 aliphatic heterocycles. The minimum atomic E-state index is 0.367. The summed E-state index contributed by atoms with van der Waals surface area (Å²) in [5.74, 6) is 2.97. The van der Waals surface area contributed by atoms with Crippen LogP contribution in [0.4, 0.5) is 0 Å². The Labute approximate surface area is 279 Å². The van der Waals surface area contributed by atoms with Gasteiger partial charge in [0.25, 0.3) is 0 Å². The SMILES string of the molecule is C=C1CCC(C(=CC)C2CC(c3cccc(CCC)c3)=CCC(c3ccc(Cl)cc3)C(c3cccc(C)c3)C2C)CCCC1C. The predicted molar refractivity (Wildman–Crippen MR) is 197 cm³/mol. The molecule has 45 heavy (non-hydrogen) atoms. The lowest BCUT2D eigenvalue weighted by Crippen LogP contribution is -2.30. The van der Waals surface area contributed by atoms with Gasteiger partial charge in [-0.3, -0.25) is 0 Å². The summed E-state index contributed by atoms with van der Waals surface area (Å²) in [6, 6.07) is 27.5. The van der Waals surface area contributed by atoms with Crippen molar-refractivity contribution in [3.8, 4) is 0 Å². The van der Waals surface area contributed by atoms with E-state index in [0.29, 0.717) is 35.5 Å². The molecular weight excluding hydrogens is 564 g/mol.